The molecule has 0 aliphatic carbocycles. The minimum atomic E-state index is -0.273. The molecular formula is C24H21BrClN3O. The molecule has 2 atom stereocenters. The molecule has 6 heteroatoms. The van der Waals surface area contributed by atoms with Crippen LogP contribution in [0, 0.1) is 0 Å². The maximum Gasteiger partial charge on any atom is 0.213 e. The summed E-state index contributed by atoms with van der Waals surface area (Å²) in [7, 11) is 4.08. The molecule has 0 amide bonds. The number of ether oxygens (including phenoxy) is 1. The second-order valence-electron chi connectivity index (χ2n) is 7.79. The highest BCUT2D eigenvalue weighted by Crippen LogP contribution is 2.48. The van der Waals surface area contributed by atoms with Gasteiger partial charge in [-0.3, -0.25) is 0 Å². The number of fused-ring (bicyclic) bond motifs is 3. The highest BCUT2D eigenvalue weighted by Gasteiger charge is 2.41. The van der Waals surface area contributed by atoms with Crippen LogP contribution in [-0.2, 0) is 0 Å². The van der Waals surface area contributed by atoms with Crippen LogP contribution >= 0.6 is 27.5 Å². The molecule has 0 saturated carbocycles. The van der Waals surface area contributed by atoms with Crippen molar-refractivity contribution in [2.24, 2.45) is 5.10 Å². The largest absolute Gasteiger partial charge is 0.464 e. The third kappa shape index (κ3) is 3.46. The van der Waals surface area contributed by atoms with Gasteiger partial charge in [0.15, 0.2) is 0 Å². The summed E-state index contributed by atoms with van der Waals surface area (Å²) in [6, 6.07) is 22.7. The SMILES string of the molecule is CN(C)c1ccc([C@@H]2Oc3ccc(Br)cc3[C@H]3CC(c4ccc(Cl)cc4)=NN32)cc1. The second kappa shape index (κ2) is 7.64. The molecule has 152 valence electrons. The lowest BCUT2D eigenvalue weighted by molar-refractivity contribution is -0.0190. The van der Waals surface area contributed by atoms with E-state index in [1.165, 1.54) is 0 Å². The molecule has 0 unspecified atom stereocenters. The Hall–Kier alpha value is -2.50. The summed E-state index contributed by atoms with van der Waals surface area (Å²) in [4.78, 5) is 2.09. The van der Waals surface area contributed by atoms with Crippen LogP contribution in [-0.4, -0.2) is 24.8 Å². The van der Waals surface area contributed by atoms with Crippen molar-refractivity contribution in [1.82, 2.24) is 5.01 Å². The molecule has 3 aromatic rings. The number of hydrogen-bond acceptors (Lipinski definition) is 4. The fraction of sp³-hybridized carbons (Fsp3) is 0.208. The van der Waals surface area contributed by atoms with E-state index in [-0.39, 0.29) is 12.3 Å². The van der Waals surface area contributed by atoms with Gasteiger partial charge in [0.25, 0.3) is 0 Å². The first-order chi connectivity index (χ1) is 14.5. The minimum absolute atomic E-state index is 0.121. The fourth-order valence-corrected chi connectivity index (χ4v) is 4.54. The molecule has 0 aromatic heterocycles. The Morgan fingerprint density at radius 3 is 2.47 bits per heavy atom. The zero-order valence-electron chi connectivity index (χ0n) is 16.7. The second-order valence-corrected chi connectivity index (χ2v) is 9.14. The molecule has 2 aliphatic rings. The van der Waals surface area contributed by atoms with Crippen LogP contribution in [0.15, 0.2) is 76.3 Å². The van der Waals surface area contributed by atoms with E-state index in [0.717, 1.165) is 49.8 Å². The molecule has 0 bridgehead atoms. The summed E-state index contributed by atoms with van der Waals surface area (Å²) in [5.74, 6) is 0.911. The highest BCUT2D eigenvalue weighted by atomic mass is 79.9. The third-order valence-electron chi connectivity index (χ3n) is 5.62. The monoisotopic (exact) mass is 481 g/mol. The van der Waals surface area contributed by atoms with Crippen molar-refractivity contribution in [3.63, 3.8) is 0 Å². The van der Waals surface area contributed by atoms with E-state index in [0.29, 0.717) is 0 Å². The Labute approximate surface area is 189 Å². The van der Waals surface area contributed by atoms with Gasteiger partial charge in [-0.25, -0.2) is 5.01 Å². The molecule has 0 saturated heterocycles. The molecule has 3 aromatic carbocycles. The summed E-state index contributed by atoms with van der Waals surface area (Å²) in [5.41, 5.74) is 5.52. The molecule has 2 aliphatic heterocycles. The topological polar surface area (TPSA) is 28.1 Å². The number of hydrogen-bond donors (Lipinski definition) is 0. The van der Waals surface area contributed by atoms with E-state index in [4.69, 9.17) is 21.4 Å². The predicted octanol–water partition coefficient (Wildman–Crippen LogP) is 6.41. The summed E-state index contributed by atoms with van der Waals surface area (Å²) >= 11 is 9.69. The lowest BCUT2D eigenvalue weighted by Gasteiger charge is -2.38. The summed E-state index contributed by atoms with van der Waals surface area (Å²) in [5, 5.41) is 7.84. The third-order valence-corrected chi connectivity index (χ3v) is 6.37. The van der Waals surface area contributed by atoms with Crippen LogP contribution in [0.2, 0.25) is 5.02 Å². The van der Waals surface area contributed by atoms with E-state index in [2.05, 4.69) is 56.2 Å². The smallest absolute Gasteiger partial charge is 0.213 e. The number of hydrazone groups is 1. The molecular weight excluding hydrogens is 462 g/mol. The van der Waals surface area contributed by atoms with E-state index in [1.807, 2.05) is 50.5 Å². The van der Waals surface area contributed by atoms with Gasteiger partial charge < -0.3 is 9.64 Å². The van der Waals surface area contributed by atoms with E-state index in [9.17, 15) is 0 Å². The number of rotatable bonds is 3. The number of nitrogens with zero attached hydrogens (tertiary/aromatic N) is 3. The lowest BCUT2D eigenvalue weighted by atomic mass is 9.96. The Balaban J connectivity index is 1.57. The number of anilines is 1. The van der Waals surface area contributed by atoms with Gasteiger partial charge in [-0.05, 0) is 48.0 Å². The number of halogens is 2. The number of benzene rings is 3. The summed E-state index contributed by atoms with van der Waals surface area (Å²) < 4.78 is 7.49. The van der Waals surface area contributed by atoms with Crippen molar-refractivity contribution in [1.29, 1.82) is 0 Å². The molecule has 5 rings (SSSR count). The van der Waals surface area contributed by atoms with E-state index >= 15 is 0 Å². The molecule has 0 fully saturated rings. The van der Waals surface area contributed by atoms with Crippen LogP contribution in [0.3, 0.4) is 0 Å². The van der Waals surface area contributed by atoms with Gasteiger partial charge in [-0.15, -0.1) is 0 Å². The first-order valence-electron chi connectivity index (χ1n) is 9.85. The predicted molar refractivity (Wildman–Crippen MR) is 125 cm³/mol. The van der Waals surface area contributed by atoms with Gasteiger partial charge in [-0.2, -0.15) is 5.10 Å². The first-order valence-corrected chi connectivity index (χ1v) is 11.0. The van der Waals surface area contributed by atoms with E-state index < -0.39 is 0 Å². The van der Waals surface area contributed by atoms with Crippen LogP contribution in [0.25, 0.3) is 0 Å². The van der Waals surface area contributed by atoms with Crippen LogP contribution in [0.4, 0.5) is 5.69 Å². The van der Waals surface area contributed by atoms with Gasteiger partial charge in [-0.1, -0.05) is 51.8 Å². The molecule has 0 N–H and O–H groups in total. The maximum absolute atomic E-state index is 6.45. The van der Waals surface area contributed by atoms with Crippen molar-refractivity contribution in [2.45, 2.75) is 18.7 Å². The zero-order chi connectivity index (χ0) is 20.8. The minimum Gasteiger partial charge on any atom is -0.464 e. The van der Waals surface area contributed by atoms with Crippen molar-refractivity contribution in [3.8, 4) is 5.75 Å². The Morgan fingerprint density at radius 2 is 1.77 bits per heavy atom. The Morgan fingerprint density at radius 1 is 1.03 bits per heavy atom. The first kappa shape index (κ1) is 19.5. The molecule has 4 nitrogen and oxygen atoms in total. The van der Waals surface area contributed by atoms with Crippen molar-refractivity contribution < 1.29 is 4.74 Å². The average molecular weight is 483 g/mol. The van der Waals surface area contributed by atoms with Crippen molar-refractivity contribution in [3.05, 3.63) is 92.9 Å². The van der Waals surface area contributed by atoms with Gasteiger partial charge in [0, 0.05) is 46.8 Å². The molecule has 0 radical (unpaired) electrons. The zero-order valence-corrected chi connectivity index (χ0v) is 19.1. The molecule has 30 heavy (non-hydrogen) atoms. The summed E-state index contributed by atoms with van der Waals surface area (Å²) in [6.45, 7) is 0. The lowest BCUT2D eigenvalue weighted by Crippen LogP contribution is -2.33. The highest BCUT2D eigenvalue weighted by molar-refractivity contribution is 9.10. The van der Waals surface area contributed by atoms with Crippen LogP contribution < -0.4 is 9.64 Å². The van der Waals surface area contributed by atoms with Crippen LogP contribution in [0.5, 0.6) is 5.75 Å². The average Bonchev–Trinajstić information content (AvgIpc) is 3.19. The van der Waals surface area contributed by atoms with Gasteiger partial charge >= 0.3 is 0 Å². The van der Waals surface area contributed by atoms with Crippen molar-refractivity contribution in [2.75, 3.05) is 19.0 Å². The standard InChI is InChI=1S/C24H21BrClN3O/c1-28(2)19-10-5-16(6-11-19)24-29-22(20-13-17(25)7-12-23(20)30-24)14-21(27-29)15-3-8-18(26)9-4-15/h3-13,22,24H,14H2,1-2H3/t22-,24+/m1/s1. The van der Waals surface area contributed by atoms with Crippen LogP contribution in [0.1, 0.15) is 35.4 Å². The maximum atomic E-state index is 6.45. The summed E-state index contributed by atoms with van der Waals surface area (Å²) in [6.07, 6.45) is 0.547. The van der Waals surface area contributed by atoms with Gasteiger partial charge in [0.05, 0.1) is 11.8 Å². The van der Waals surface area contributed by atoms with Gasteiger partial charge in [0.1, 0.15) is 5.75 Å². The van der Waals surface area contributed by atoms with E-state index in [1.54, 1.807) is 0 Å². The van der Waals surface area contributed by atoms with Gasteiger partial charge in [0.2, 0.25) is 6.23 Å². The molecule has 0 spiro atoms. The fourth-order valence-electron chi connectivity index (χ4n) is 4.03. The quantitative estimate of drug-likeness (QED) is 0.432. The Kier molecular flexibility index (Phi) is 4.95. The van der Waals surface area contributed by atoms with Crippen molar-refractivity contribution >= 4 is 38.9 Å². The Bertz CT molecular complexity index is 1110. The normalized spacial score (nSPS) is 19.6. The molecule has 2 heterocycles.